The van der Waals surface area contributed by atoms with Crippen molar-refractivity contribution in [2.45, 2.75) is 25.7 Å². The van der Waals surface area contributed by atoms with Crippen molar-refractivity contribution in [2.75, 3.05) is 5.32 Å². The van der Waals surface area contributed by atoms with Gasteiger partial charge in [-0.15, -0.1) is 0 Å². The van der Waals surface area contributed by atoms with E-state index in [0.29, 0.717) is 22.9 Å². The van der Waals surface area contributed by atoms with Gasteiger partial charge in [-0.1, -0.05) is 18.2 Å². The predicted molar refractivity (Wildman–Crippen MR) is 99.9 cm³/mol. The van der Waals surface area contributed by atoms with Crippen LogP contribution in [0.5, 0.6) is 0 Å². The summed E-state index contributed by atoms with van der Waals surface area (Å²) in [4.78, 5) is 24.2. The predicted octanol–water partition coefficient (Wildman–Crippen LogP) is 4.20. The highest BCUT2D eigenvalue weighted by atomic mass is 16.2. The van der Waals surface area contributed by atoms with Crippen molar-refractivity contribution in [3.05, 3.63) is 77.6 Å². The minimum atomic E-state index is -0.219. The molecule has 1 saturated carbocycles. The Balaban J connectivity index is 1.63. The van der Waals surface area contributed by atoms with Gasteiger partial charge >= 0.3 is 0 Å². The van der Waals surface area contributed by atoms with Crippen LogP contribution >= 0.6 is 0 Å². The lowest BCUT2D eigenvalue weighted by Gasteiger charge is -2.08. The first-order valence-electron chi connectivity index (χ1n) is 8.69. The second kappa shape index (κ2) is 6.59. The molecule has 4 rings (SSSR count). The van der Waals surface area contributed by atoms with E-state index in [4.69, 9.17) is 0 Å². The highest BCUT2D eigenvalue weighted by Gasteiger charge is 2.29. The lowest BCUT2D eigenvalue weighted by atomic mass is 10.1. The van der Waals surface area contributed by atoms with E-state index in [1.54, 1.807) is 28.9 Å². The van der Waals surface area contributed by atoms with Crippen LogP contribution in [0.15, 0.2) is 60.7 Å². The van der Waals surface area contributed by atoms with E-state index >= 15 is 0 Å². The maximum absolute atomic E-state index is 12.8. The molecule has 0 unspecified atom stereocenters. The second-order valence-electron chi connectivity index (χ2n) is 6.56. The summed E-state index contributed by atoms with van der Waals surface area (Å²) in [6, 6.07) is 18.4. The van der Waals surface area contributed by atoms with E-state index in [9.17, 15) is 9.59 Å². The first-order valence-corrected chi connectivity index (χ1v) is 8.69. The Morgan fingerprint density at radius 1 is 1.04 bits per heavy atom. The molecule has 0 aliphatic heterocycles. The fourth-order valence-electron chi connectivity index (χ4n) is 2.89. The fourth-order valence-corrected chi connectivity index (χ4v) is 2.89. The van der Waals surface area contributed by atoms with Crippen molar-refractivity contribution in [2.24, 2.45) is 0 Å². The molecule has 1 fully saturated rings. The van der Waals surface area contributed by atoms with E-state index in [1.807, 2.05) is 36.4 Å². The summed E-state index contributed by atoms with van der Waals surface area (Å²) < 4.78 is 1.70. The van der Waals surface area contributed by atoms with Crippen LogP contribution in [0, 0.1) is 0 Å². The molecule has 1 amide bonds. The van der Waals surface area contributed by atoms with Crippen LogP contribution in [0.4, 0.5) is 5.69 Å². The molecule has 0 spiro atoms. The number of benzene rings is 2. The number of nitrogens with one attached hydrogen (secondary N) is 1. The van der Waals surface area contributed by atoms with Crippen molar-refractivity contribution in [3.63, 3.8) is 0 Å². The average molecular weight is 345 g/mol. The number of Topliss-reactive ketones (excluding diaryl/α,β-unsaturated/α-hetero) is 1. The summed E-state index contributed by atoms with van der Waals surface area (Å²) in [6.07, 6.45) is 2.25. The Bertz CT molecular complexity index is 955. The highest BCUT2D eigenvalue weighted by Crippen LogP contribution is 2.39. The molecule has 1 aliphatic rings. The van der Waals surface area contributed by atoms with Gasteiger partial charge in [0.1, 0.15) is 5.69 Å². The zero-order valence-corrected chi connectivity index (χ0v) is 14.5. The third-order valence-electron chi connectivity index (χ3n) is 4.51. The number of hydrogen-bond donors (Lipinski definition) is 1. The zero-order valence-electron chi connectivity index (χ0n) is 14.5. The number of rotatable bonds is 5. The van der Waals surface area contributed by atoms with Gasteiger partial charge < -0.3 is 5.32 Å². The number of anilines is 1. The molecule has 1 aromatic heterocycles. The molecule has 130 valence electrons. The number of aromatic nitrogens is 2. The van der Waals surface area contributed by atoms with Crippen molar-refractivity contribution < 1.29 is 9.59 Å². The summed E-state index contributed by atoms with van der Waals surface area (Å²) in [6.45, 7) is 1.52. The van der Waals surface area contributed by atoms with Gasteiger partial charge in [-0.25, -0.2) is 4.68 Å². The number of ketones is 1. The van der Waals surface area contributed by atoms with Crippen LogP contribution in [0.25, 0.3) is 5.69 Å². The first-order chi connectivity index (χ1) is 12.6. The molecule has 0 radical (unpaired) electrons. The molecule has 0 bridgehead atoms. The number of amides is 1. The maximum Gasteiger partial charge on any atom is 0.274 e. The standard InChI is InChI=1S/C21H19N3O2/c1-14(25)15-9-11-17(12-10-15)22-21(26)20-13-19(16-7-8-16)23-24(20)18-5-3-2-4-6-18/h2-6,9-13,16H,7-8H2,1H3,(H,22,26). The molecule has 0 saturated heterocycles. The number of para-hydroxylation sites is 1. The number of hydrogen-bond acceptors (Lipinski definition) is 3. The van der Waals surface area contributed by atoms with E-state index < -0.39 is 0 Å². The van der Waals surface area contributed by atoms with Gasteiger partial charge in [0.25, 0.3) is 5.91 Å². The second-order valence-corrected chi connectivity index (χ2v) is 6.56. The molecular formula is C21H19N3O2. The van der Waals surface area contributed by atoms with Gasteiger partial charge in [0.2, 0.25) is 0 Å². The van der Waals surface area contributed by atoms with Gasteiger partial charge in [0, 0.05) is 17.2 Å². The maximum atomic E-state index is 12.8. The van der Waals surface area contributed by atoms with Crippen LogP contribution in [0.3, 0.4) is 0 Å². The van der Waals surface area contributed by atoms with Crippen LogP contribution < -0.4 is 5.32 Å². The molecule has 26 heavy (non-hydrogen) atoms. The highest BCUT2D eigenvalue weighted by molar-refractivity contribution is 6.04. The van der Waals surface area contributed by atoms with Crippen molar-refractivity contribution in [1.29, 1.82) is 0 Å². The molecule has 5 heteroatoms. The Kier molecular flexibility index (Phi) is 4.13. The quantitative estimate of drug-likeness (QED) is 0.705. The summed E-state index contributed by atoms with van der Waals surface area (Å²) in [5.74, 6) is 0.240. The Morgan fingerprint density at radius 2 is 1.73 bits per heavy atom. The third kappa shape index (κ3) is 3.28. The number of nitrogens with zero attached hydrogens (tertiary/aromatic N) is 2. The minimum absolute atomic E-state index is 0.000828. The van der Waals surface area contributed by atoms with Crippen LogP contribution in [-0.4, -0.2) is 21.5 Å². The Morgan fingerprint density at radius 3 is 2.35 bits per heavy atom. The monoisotopic (exact) mass is 345 g/mol. The van der Waals surface area contributed by atoms with Crippen LogP contribution in [0.1, 0.15) is 52.2 Å². The van der Waals surface area contributed by atoms with E-state index in [1.165, 1.54) is 6.92 Å². The molecule has 2 aromatic carbocycles. The molecule has 0 atom stereocenters. The first kappa shape index (κ1) is 16.3. The molecular weight excluding hydrogens is 326 g/mol. The number of carbonyl (C=O) groups excluding carboxylic acids is 2. The number of carbonyl (C=O) groups is 2. The van der Waals surface area contributed by atoms with E-state index in [2.05, 4.69) is 10.4 Å². The van der Waals surface area contributed by atoms with Crippen molar-refractivity contribution >= 4 is 17.4 Å². The summed E-state index contributed by atoms with van der Waals surface area (Å²) in [5.41, 5.74) is 3.60. The van der Waals surface area contributed by atoms with Gasteiger partial charge in [-0.05, 0) is 62.2 Å². The van der Waals surface area contributed by atoms with Crippen molar-refractivity contribution in [3.8, 4) is 5.69 Å². The minimum Gasteiger partial charge on any atom is -0.321 e. The molecule has 1 heterocycles. The van der Waals surface area contributed by atoms with Gasteiger partial charge in [0.15, 0.2) is 5.78 Å². The van der Waals surface area contributed by atoms with E-state index in [-0.39, 0.29) is 11.7 Å². The third-order valence-corrected chi connectivity index (χ3v) is 4.51. The Labute approximate surface area is 151 Å². The molecule has 3 aromatic rings. The average Bonchev–Trinajstić information content (AvgIpc) is 3.41. The normalized spacial score (nSPS) is 13.4. The van der Waals surface area contributed by atoms with Crippen LogP contribution in [-0.2, 0) is 0 Å². The zero-order chi connectivity index (χ0) is 18.1. The lowest BCUT2D eigenvalue weighted by molar-refractivity contribution is 0.101. The van der Waals surface area contributed by atoms with Gasteiger partial charge in [-0.3, -0.25) is 9.59 Å². The topological polar surface area (TPSA) is 64.0 Å². The molecule has 1 aliphatic carbocycles. The van der Waals surface area contributed by atoms with Crippen molar-refractivity contribution in [1.82, 2.24) is 9.78 Å². The fraction of sp³-hybridized carbons (Fsp3) is 0.190. The molecule has 1 N–H and O–H groups in total. The van der Waals surface area contributed by atoms with Gasteiger partial charge in [-0.2, -0.15) is 5.10 Å². The molecule has 5 nitrogen and oxygen atoms in total. The Hall–Kier alpha value is -3.21. The van der Waals surface area contributed by atoms with E-state index in [0.717, 1.165) is 24.2 Å². The lowest BCUT2D eigenvalue weighted by Crippen LogP contribution is -2.17. The van der Waals surface area contributed by atoms with Gasteiger partial charge in [0.05, 0.1) is 11.4 Å². The smallest absolute Gasteiger partial charge is 0.274 e. The summed E-state index contributed by atoms with van der Waals surface area (Å²) in [7, 11) is 0. The SMILES string of the molecule is CC(=O)c1ccc(NC(=O)c2cc(C3CC3)nn2-c2ccccc2)cc1. The largest absolute Gasteiger partial charge is 0.321 e. The summed E-state index contributed by atoms with van der Waals surface area (Å²) in [5, 5.41) is 7.55. The summed E-state index contributed by atoms with van der Waals surface area (Å²) >= 11 is 0. The van der Waals surface area contributed by atoms with Crippen LogP contribution in [0.2, 0.25) is 0 Å².